The molecule has 0 unspecified atom stereocenters. The van der Waals surface area contributed by atoms with E-state index in [1.807, 2.05) is 0 Å². The van der Waals surface area contributed by atoms with Gasteiger partial charge in [-0.1, -0.05) is 42.5 Å². The van der Waals surface area contributed by atoms with Gasteiger partial charge in [-0.3, -0.25) is 0 Å². The zero-order chi connectivity index (χ0) is 12.2. The van der Waals surface area contributed by atoms with Crippen molar-refractivity contribution in [2.45, 2.75) is 25.6 Å². The number of hydrogen-bond donors (Lipinski definition) is 0. The molecular formula is C16H18O2. The van der Waals surface area contributed by atoms with Gasteiger partial charge in [-0.05, 0) is 35.6 Å². The van der Waals surface area contributed by atoms with E-state index in [4.69, 9.17) is 9.47 Å². The molecule has 2 aromatic rings. The second-order valence-electron chi connectivity index (χ2n) is 4.70. The van der Waals surface area contributed by atoms with Crippen LogP contribution >= 0.6 is 0 Å². The fourth-order valence-corrected chi connectivity index (χ4v) is 2.54. The smallest absolute Gasteiger partial charge is 0.157 e. The van der Waals surface area contributed by atoms with E-state index in [1.54, 1.807) is 0 Å². The molecule has 0 spiro atoms. The van der Waals surface area contributed by atoms with Gasteiger partial charge in [-0.2, -0.15) is 0 Å². The molecule has 0 aliphatic carbocycles. The van der Waals surface area contributed by atoms with Crippen LogP contribution in [0, 0.1) is 0 Å². The first-order valence-corrected chi connectivity index (χ1v) is 6.63. The molecule has 0 N–H and O–H groups in total. The van der Waals surface area contributed by atoms with Crippen molar-refractivity contribution in [3.8, 4) is 0 Å². The molecule has 1 fully saturated rings. The van der Waals surface area contributed by atoms with Gasteiger partial charge in [0.15, 0.2) is 6.29 Å². The fourth-order valence-electron chi connectivity index (χ4n) is 2.54. The van der Waals surface area contributed by atoms with Crippen LogP contribution in [0.4, 0.5) is 0 Å². The molecule has 0 amide bonds. The molecule has 0 bridgehead atoms. The van der Waals surface area contributed by atoms with Crippen molar-refractivity contribution in [2.24, 2.45) is 0 Å². The summed E-state index contributed by atoms with van der Waals surface area (Å²) >= 11 is 0. The maximum Gasteiger partial charge on any atom is 0.157 e. The van der Waals surface area contributed by atoms with E-state index in [1.165, 1.54) is 16.3 Å². The molecule has 2 nitrogen and oxygen atoms in total. The highest BCUT2D eigenvalue weighted by Crippen LogP contribution is 2.21. The SMILES string of the molecule is c1ccc2c(CCCC3OCCO3)cccc2c1. The van der Waals surface area contributed by atoms with Crippen LogP contribution in [0.1, 0.15) is 18.4 Å². The van der Waals surface area contributed by atoms with Crippen molar-refractivity contribution in [1.29, 1.82) is 0 Å². The predicted molar refractivity (Wildman–Crippen MR) is 72.6 cm³/mol. The number of ether oxygens (including phenoxy) is 2. The van der Waals surface area contributed by atoms with Crippen molar-refractivity contribution in [3.63, 3.8) is 0 Å². The molecular weight excluding hydrogens is 224 g/mol. The summed E-state index contributed by atoms with van der Waals surface area (Å²) in [6.45, 7) is 1.50. The summed E-state index contributed by atoms with van der Waals surface area (Å²) in [5.41, 5.74) is 1.42. The number of fused-ring (bicyclic) bond motifs is 1. The fraction of sp³-hybridized carbons (Fsp3) is 0.375. The number of rotatable bonds is 4. The molecule has 18 heavy (non-hydrogen) atoms. The molecule has 0 radical (unpaired) electrons. The summed E-state index contributed by atoms with van der Waals surface area (Å²) in [6.07, 6.45) is 3.21. The summed E-state index contributed by atoms with van der Waals surface area (Å²) in [4.78, 5) is 0. The lowest BCUT2D eigenvalue weighted by molar-refractivity contribution is -0.0475. The summed E-state index contributed by atoms with van der Waals surface area (Å²) in [5, 5.41) is 2.69. The molecule has 1 heterocycles. The molecule has 1 aliphatic heterocycles. The molecule has 2 heteroatoms. The van der Waals surface area contributed by atoms with Gasteiger partial charge in [0, 0.05) is 0 Å². The zero-order valence-electron chi connectivity index (χ0n) is 10.5. The Balaban J connectivity index is 1.66. The van der Waals surface area contributed by atoms with Crippen molar-refractivity contribution in [3.05, 3.63) is 48.0 Å². The topological polar surface area (TPSA) is 18.5 Å². The summed E-state index contributed by atoms with van der Waals surface area (Å²) < 4.78 is 10.9. The minimum Gasteiger partial charge on any atom is -0.350 e. The number of benzene rings is 2. The van der Waals surface area contributed by atoms with Crippen LogP contribution in [0.15, 0.2) is 42.5 Å². The first-order valence-electron chi connectivity index (χ1n) is 6.63. The number of aryl methyl sites for hydroxylation is 1. The molecule has 3 rings (SSSR count). The van der Waals surface area contributed by atoms with Crippen LogP contribution in [-0.4, -0.2) is 19.5 Å². The molecule has 94 valence electrons. The van der Waals surface area contributed by atoms with Crippen LogP contribution in [0.5, 0.6) is 0 Å². The summed E-state index contributed by atoms with van der Waals surface area (Å²) in [5.74, 6) is 0. The monoisotopic (exact) mass is 242 g/mol. The van der Waals surface area contributed by atoms with Crippen molar-refractivity contribution >= 4 is 10.8 Å². The van der Waals surface area contributed by atoms with Gasteiger partial charge >= 0.3 is 0 Å². The minimum absolute atomic E-state index is 0.0278. The van der Waals surface area contributed by atoms with E-state index in [-0.39, 0.29) is 6.29 Å². The Morgan fingerprint density at radius 2 is 1.72 bits per heavy atom. The standard InChI is InChI=1S/C16H18O2/c1-2-9-15-13(5-1)6-3-7-14(15)8-4-10-16-17-11-12-18-16/h1-3,5-7,9,16H,4,8,10-12H2. The Labute approximate surface area is 108 Å². The summed E-state index contributed by atoms with van der Waals surface area (Å²) in [6, 6.07) is 15.1. The molecule has 1 saturated heterocycles. The first-order chi connectivity index (χ1) is 8.93. The predicted octanol–water partition coefficient (Wildman–Crippen LogP) is 3.54. The van der Waals surface area contributed by atoms with E-state index in [0.29, 0.717) is 0 Å². The Kier molecular flexibility index (Phi) is 3.58. The van der Waals surface area contributed by atoms with Gasteiger partial charge in [0.05, 0.1) is 13.2 Å². The van der Waals surface area contributed by atoms with Crippen molar-refractivity contribution in [2.75, 3.05) is 13.2 Å². The van der Waals surface area contributed by atoms with Gasteiger partial charge in [-0.15, -0.1) is 0 Å². The molecule has 1 aliphatic rings. The van der Waals surface area contributed by atoms with Gasteiger partial charge < -0.3 is 9.47 Å². The quantitative estimate of drug-likeness (QED) is 0.816. The van der Waals surface area contributed by atoms with Crippen LogP contribution < -0.4 is 0 Å². The Morgan fingerprint density at radius 3 is 2.61 bits per heavy atom. The van der Waals surface area contributed by atoms with E-state index < -0.39 is 0 Å². The van der Waals surface area contributed by atoms with Gasteiger partial charge in [0.25, 0.3) is 0 Å². The lowest BCUT2D eigenvalue weighted by Gasteiger charge is -2.10. The highest BCUT2D eigenvalue weighted by atomic mass is 16.7. The maximum absolute atomic E-state index is 5.46. The van der Waals surface area contributed by atoms with Gasteiger partial charge in [0.2, 0.25) is 0 Å². The molecule has 0 saturated carbocycles. The average molecular weight is 242 g/mol. The third-order valence-corrected chi connectivity index (χ3v) is 3.46. The van der Waals surface area contributed by atoms with E-state index in [2.05, 4.69) is 42.5 Å². The third kappa shape index (κ3) is 2.55. The normalized spacial score (nSPS) is 16.4. The minimum atomic E-state index is 0.0278. The average Bonchev–Trinajstić information content (AvgIpc) is 2.92. The van der Waals surface area contributed by atoms with E-state index in [9.17, 15) is 0 Å². The zero-order valence-corrected chi connectivity index (χ0v) is 10.5. The Morgan fingerprint density at radius 1 is 0.944 bits per heavy atom. The second kappa shape index (κ2) is 5.51. The second-order valence-corrected chi connectivity index (χ2v) is 4.70. The van der Waals surface area contributed by atoms with Crippen LogP contribution in [-0.2, 0) is 15.9 Å². The van der Waals surface area contributed by atoms with Crippen LogP contribution in [0.25, 0.3) is 10.8 Å². The molecule has 0 aromatic heterocycles. The first kappa shape index (κ1) is 11.7. The van der Waals surface area contributed by atoms with E-state index in [0.717, 1.165) is 32.5 Å². The molecule has 0 atom stereocenters. The lowest BCUT2D eigenvalue weighted by atomic mass is 10.0. The largest absolute Gasteiger partial charge is 0.350 e. The Bertz CT molecular complexity index is 510. The lowest BCUT2D eigenvalue weighted by Crippen LogP contribution is -2.07. The highest BCUT2D eigenvalue weighted by molar-refractivity contribution is 5.85. The Hall–Kier alpha value is -1.38. The van der Waals surface area contributed by atoms with Crippen molar-refractivity contribution in [1.82, 2.24) is 0 Å². The third-order valence-electron chi connectivity index (χ3n) is 3.46. The van der Waals surface area contributed by atoms with Crippen LogP contribution in [0.2, 0.25) is 0 Å². The summed E-state index contributed by atoms with van der Waals surface area (Å²) in [7, 11) is 0. The van der Waals surface area contributed by atoms with Crippen LogP contribution in [0.3, 0.4) is 0 Å². The highest BCUT2D eigenvalue weighted by Gasteiger charge is 2.15. The number of hydrogen-bond acceptors (Lipinski definition) is 2. The van der Waals surface area contributed by atoms with Crippen molar-refractivity contribution < 1.29 is 9.47 Å². The maximum atomic E-state index is 5.46. The molecule has 2 aromatic carbocycles. The van der Waals surface area contributed by atoms with E-state index >= 15 is 0 Å². The van der Waals surface area contributed by atoms with Gasteiger partial charge in [-0.25, -0.2) is 0 Å². The van der Waals surface area contributed by atoms with Gasteiger partial charge in [0.1, 0.15) is 0 Å².